The lowest BCUT2D eigenvalue weighted by Gasteiger charge is -2.22. The van der Waals surface area contributed by atoms with E-state index in [-0.39, 0.29) is 12.2 Å². The van der Waals surface area contributed by atoms with Crippen molar-refractivity contribution in [1.29, 1.82) is 0 Å². The highest BCUT2D eigenvalue weighted by atomic mass is 19.1. The molecule has 1 saturated carbocycles. The molecule has 6 heteroatoms. The van der Waals surface area contributed by atoms with Crippen LogP contribution < -0.4 is 10.6 Å². The van der Waals surface area contributed by atoms with E-state index in [2.05, 4.69) is 10.6 Å². The van der Waals surface area contributed by atoms with Gasteiger partial charge in [0.15, 0.2) is 0 Å². The Morgan fingerprint density at radius 1 is 1.29 bits per heavy atom. The summed E-state index contributed by atoms with van der Waals surface area (Å²) in [6, 6.07) is 3.95. The van der Waals surface area contributed by atoms with Gasteiger partial charge in [-0.15, -0.1) is 0 Å². The van der Waals surface area contributed by atoms with Crippen molar-refractivity contribution in [3.8, 4) is 0 Å². The summed E-state index contributed by atoms with van der Waals surface area (Å²) in [5, 5.41) is 14.9. The van der Waals surface area contributed by atoms with Crippen molar-refractivity contribution in [2.45, 2.75) is 38.2 Å². The maximum Gasteiger partial charge on any atom is 0.313 e. The summed E-state index contributed by atoms with van der Waals surface area (Å²) < 4.78 is 13.1. The average Bonchev–Trinajstić information content (AvgIpc) is 2.87. The van der Waals surface area contributed by atoms with Crippen LogP contribution in [0.2, 0.25) is 0 Å². The van der Waals surface area contributed by atoms with Crippen molar-refractivity contribution in [2.75, 3.05) is 11.9 Å². The Morgan fingerprint density at radius 2 is 1.95 bits per heavy atom. The summed E-state index contributed by atoms with van der Waals surface area (Å²) in [5.74, 6) is -2.19. The van der Waals surface area contributed by atoms with Crippen molar-refractivity contribution < 1.29 is 19.1 Å². The van der Waals surface area contributed by atoms with E-state index in [0.29, 0.717) is 18.4 Å². The van der Waals surface area contributed by atoms with Gasteiger partial charge in [0.2, 0.25) is 0 Å². The van der Waals surface area contributed by atoms with Crippen molar-refractivity contribution in [3.05, 3.63) is 29.6 Å². The molecule has 0 spiro atoms. The monoisotopic (exact) mass is 294 g/mol. The minimum absolute atomic E-state index is 0.0569. The average molecular weight is 294 g/mol. The van der Waals surface area contributed by atoms with Crippen LogP contribution in [0.25, 0.3) is 0 Å². The highest BCUT2D eigenvalue weighted by molar-refractivity contribution is 6.39. The molecule has 0 bridgehead atoms. The molecule has 0 unspecified atom stereocenters. The van der Waals surface area contributed by atoms with E-state index in [1.165, 1.54) is 12.1 Å². The number of rotatable bonds is 3. The molecule has 0 saturated heterocycles. The van der Waals surface area contributed by atoms with E-state index in [0.717, 1.165) is 18.9 Å². The Balaban J connectivity index is 1.90. The molecule has 21 heavy (non-hydrogen) atoms. The number of amides is 2. The number of carbonyl (C=O) groups is 2. The van der Waals surface area contributed by atoms with Crippen LogP contribution in [-0.2, 0) is 9.59 Å². The van der Waals surface area contributed by atoms with Crippen LogP contribution in [0.5, 0.6) is 0 Å². The van der Waals surface area contributed by atoms with E-state index in [1.807, 2.05) is 0 Å². The van der Waals surface area contributed by atoms with Crippen LogP contribution in [0.15, 0.2) is 18.2 Å². The van der Waals surface area contributed by atoms with Gasteiger partial charge in [0.25, 0.3) is 0 Å². The second-order valence-corrected chi connectivity index (χ2v) is 5.53. The van der Waals surface area contributed by atoms with Gasteiger partial charge in [-0.1, -0.05) is 18.9 Å². The van der Waals surface area contributed by atoms with Gasteiger partial charge in [0.05, 0.1) is 5.60 Å². The molecule has 3 N–H and O–H groups in total. The van der Waals surface area contributed by atoms with Gasteiger partial charge >= 0.3 is 11.8 Å². The number of hydrogen-bond acceptors (Lipinski definition) is 3. The lowest BCUT2D eigenvalue weighted by Crippen LogP contribution is -2.44. The molecule has 2 amide bonds. The third kappa shape index (κ3) is 4.01. The molecule has 0 heterocycles. The normalized spacial score (nSPS) is 16.5. The lowest BCUT2D eigenvalue weighted by molar-refractivity contribution is -0.136. The second-order valence-electron chi connectivity index (χ2n) is 5.53. The first-order valence-electron chi connectivity index (χ1n) is 6.97. The van der Waals surface area contributed by atoms with Crippen LogP contribution in [0.3, 0.4) is 0 Å². The first kappa shape index (κ1) is 15.4. The van der Waals surface area contributed by atoms with Gasteiger partial charge in [0, 0.05) is 12.2 Å². The Morgan fingerprint density at radius 3 is 2.62 bits per heavy atom. The van der Waals surface area contributed by atoms with Crippen LogP contribution in [0, 0.1) is 12.7 Å². The van der Waals surface area contributed by atoms with Gasteiger partial charge in [-0.2, -0.15) is 0 Å². The third-order valence-corrected chi connectivity index (χ3v) is 3.77. The maximum absolute atomic E-state index is 13.1. The molecular weight excluding hydrogens is 275 g/mol. The van der Waals surface area contributed by atoms with Crippen molar-refractivity contribution >= 4 is 17.5 Å². The van der Waals surface area contributed by atoms with E-state index in [9.17, 15) is 19.1 Å². The fourth-order valence-corrected chi connectivity index (χ4v) is 2.44. The molecule has 1 aromatic rings. The molecule has 0 atom stereocenters. The highest BCUT2D eigenvalue weighted by Gasteiger charge is 2.32. The standard InChI is InChI=1S/C15H19FN2O3/c1-10-4-5-11(16)8-12(10)18-14(20)13(19)17-9-15(21)6-2-3-7-15/h4-5,8,21H,2-3,6-7,9H2,1H3,(H,17,19)(H,18,20). The van der Waals surface area contributed by atoms with Gasteiger partial charge < -0.3 is 15.7 Å². The van der Waals surface area contributed by atoms with Crippen molar-refractivity contribution in [1.82, 2.24) is 5.32 Å². The molecular formula is C15H19FN2O3. The van der Waals surface area contributed by atoms with Crippen LogP contribution in [0.4, 0.5) is 10.1 Å². The van der Waals surface area contributed by atoms with Crippen molar-refractivity contribution in [3.63, 3.8) is 0 Å². The summed E-state index contributed by atoms with van der Waals surface area (Å²) in [7, 11) is 0. The number of halogens is 1. The Bertz CT molecular complexity index is 554. The summed E-state index contributed by atoms with van der Waals surface area (Å²) in [6.07, 6.45) is 3.08. The zero-order chi connectivity index (χ0) is 15.5. The quantitative estimate of drug-likeness (QED) is 0.739. The van der Waals surface area contributed by atoms with Crippen LogP contribution in [-0.4, -0.2) is 29.1 Å². The summed E-state index contributed by atoms with van der Waals surface area (Å²) >= 11 is 0. The number of aryl methyl sites for hydroxylation is 1. The van der Waals surface area contributed by atoms with E-state index < -0.39 is 23.2 Å². The third-order valence-electron chi connectivity index (χ3n) is 3.77. The van der Waals surface area contributed by atoms with Gasteiger partial charge in [0.1, 0.15) is 5.82 Å². The SMILES string of the molecule is Cc1ccc(F)cc1NC(=O)C(=O)NCC1(O)CCCC1. The largest absolute Gasteiger partial charge is 0.388 e. The minimum atomic E-state index is -0.912. The number of anilines is 1. The number of aliphatic hydroxyl groups is 1. The Labute approximate surface area is 122 Å². The van der Waals surface area contributed by atoms with Crippen molar-refractivity contribution in [2.24, 2.45) is 0 Å². The second kappa shape index (κ2) is 6.22. The molecule has 0 aromatic heterocycles. The van der Waals surface area contributed by atoms with E-state index in [1.54, 1.807) is 6.92 Å². The molecule has 0 aliphatic heterocycles. The topological polar surface area (TPSA) is 78.4 Å². The Kier molecular flexibility index (Phi) is 4.57. The number of carbonyl (C=O) groups excluding carboxylic acids is 2. The van der Waals surface area contributed by atoms with E-state index >= 15 is 0 Å². The summed E-state index contributed by atoms with van der Waals surface area (Å²) in [4.78, 5) is 23.5. The minimum Gasteiger partial charge on any atom is -0.388 e. The van der Waals surface area contributed by atoms with Crippen LogP contribution >= 0.6 is 0 Å². The molecule has 1 fully saturated rings. The fraction of sp³-hybridized carbons (Fsp3) is 0.467. The molecule has 1 aliphatic rings. The smallest absolute Gasteiger partial charge is 0.313 e. The molecule has 114 valence electrons. The fourth-order valence-electron chi connectivity index (χ4n) is 2.44. The highest BCUT2D eigenvalue weighted by Crippen LogP contribution is 2.28. The van der Waals surface area contributed by atoms with Gasteiger partial charge in [-0.05, 0) is 37.5 Å². The molecule has 1 aliphatic carbocycles. The van der Waals surface area contributed by atoms with Crippen LogP contribution in [0.1, 0.15) is 31.2 Å². The predicted octanol–water partition coefficient (Wildman–Crippen LogP) is 1.49. The number of hydrogen-bond donors (Lipinski definition) is 3. The van der Waals surface area contributed by atoms with Gasteiger partial charge in [-0.3, -0.25) is 9.59 Å². The molecule has 2 rings (SSSR count). The first-order chi connectivity index (χ1) is 9.89. The Hall–Kier alpha value is -1.95. The van der Waals surface area contributed by atoms with E-state index in [4.69, 9.17) is 0 Å². The summed E-state index contributed by atoms with van der Waals surface area (Å²) in [6.45, 7) is 1.76. The molecule has 1 aromatic carbocycles. The predicted molar refractivity (Wildman–Crippen MR) is 76.2 cm³/mol. The molecule has 0 radical (unpaired) electrons. The zero-order valence-corrected chi connectivity index (χ0v) is 11.9. The lowest BCUT2D eigenvalue weighted by atomic mass is 10.0. The van der Waals surface area contributed by atoms with Gasteiger partial charge in [-0.25, -0.2) is 4.39 Å². The molecule has 5 nitrogen and oxygen atoms in total. The first-order valence-corrected chi connectivity index (χ1v) is 6.97. The zero-order valence-electron chi connectivity index (χ0n) is 11.9. The summed E-state index contributed by atoms with van der Waals surface area (Å²) in [5.41, 5.74) is 0.00625. The number of nitrogens with one attached hydrogen (secondary N) is 2. The number of benzene rings is 1. The maximum atomic E-state index is 13.1.